The van der Waals surface area contributed by atoms with E-state index in [0.717, 1.165) is 0 Å². The van der Waals surface area contributed by atoms with E-state index in [-0.39, 0.29) is 45.2 Å². The maximum atomic E-state index is 12.7. The zero-order valence-corrected chi connectivity index (χ0v) is 12.8. The first-order valence-electron chi connectivity index (χ1n) is 6.03. The van der Waals surface area contributed by atoms with Crippen LogP contribution in [0.3, 0.4) is 0 Å². The molecule has 2 rings (SSSR count). The predicted molar refractivity (Wildman–Crippen MR) is 79.8 cm³/mol. The van der Waals surface area contributed by atoms with Gasteiger partial charge >= 0.3 is 0 Å². The molecule has 0 atom stereocenters. The lowest BCUT2D eigenvalue weighted by atomic mass is 10.3. The zero-order chi connectivity index (χ0) is 15.8. The molecule has 0 amide bonds. The number of aliphatic hydroxyl groups excluding tert-OH is 1. The molecule has 0 aliphatic heterocycles. The van der Waals surface area contributed by atoms with Crippen molar-refractivity contribution in [2.24, 2.45) is 0 Å². The number of hydrogen-bond donors (Lipinski definition) is 3. The molecule has 0 saturated heterocycles. The highest BCUT2D eigenvalue weighted by atomic mass is 35.5. The molecule has 1 aromatic carbocycles. The fraction of sp³-hybridized carbons (Fsp3) is 0.250. The lowest BCUT2D eigenvalue weighted by Gasteiger charge is -2.07. The van der Waals surface area contributed by atoms with Gasteiger partial charge in [-0.15, -0.1) is 0 Å². The lowest BCUT2D eigenvalue weighted by molar-refractivity contribution is 0.270. The molecule has 0 saturated carbocycles. The first-order chi connectivity index (χ1) is 9.78. The number of aryl methyl sites for hydroxylation is 1. The van der Waals surface area contributed by atoms with Crippen molar-refractivity contribution in [2.75, 3.05) is 18.1 Å². The monoisotopic (exact) mass is 330 g/mol. The summed E-state index contributed by atoms with van der Waals surface area (Å²) in [6.07, 6.45) is 0. The normalized spacial score (nSPS) is 11.8. The van der Waals surface area contributed by atoms with Crippen molar-refractivity contribution in [3.05, 3.63) is 28.9 Å². The molecular formula is C12H15ClN4O3S. The fourth-order valence-corrected chi connectivity index (χ4v) is 3.78. The number of anilines is 2. The Balaban J connectivity index is 2.61. The molecule has 21 heavy (non-hydrogen) atoms. The van der Waals surface area contributed by atoms with Crippen LogP contribution in [0.4, 0.5) is 11.5 Å². The highest BCUT2D eigenvalue weighted by molar-refractivity contribution is 7.91. The molecule has 7 nitrogen and oxygen atoms in total. The quantitative estimate of drug-likeness (QED) is 0.713. The Kier molecular flexibility index (Phi) is 4.13. The van der Waals surface area contributed by atoms with Crippen molar-refractivity contribution in [3.8, 4) is 0 Å². The largest absolute Gasteiger partial charge is 0.398 e. The van der Waals surface area contributed by atoms with Crippen LogP contribution in [-0.4, -0.2) is 29.9 Å². The van der Waals surface area contributed by atoms with Gasteiger partial charge in [0.15, 0.2) is 0 Å². The van der Waals surface area contributed by atoms with Gasteiger partial charge in [-0.3, -0.25) is 0 Å². The SMILES string of the molecule is Cc1nn(CCO)c(N)c1S(=O)(=O)c1ccc(N)c(Cl)c1. The van der Waals surface area contributed by atoms with Crippen molar-refractivity contribution in [3.63, 3.8) is 0 Å². The Bertz CT molecular complexity index is 786. The van der Waals surface area contributed by atoms with Crippen LogP contribution in [0.25, 0.3) is 0 Å². The van der Waals surface area contributed by atoms with Crippen LogP contribution in [-0.2, 0) is 16.4 Å². The van der Waals surface area contributed by atoms with Gasteiger partial charge in [0.2, 0.25) is 9.84 Å². The molecule has 0 aliphatic carbocycles. The van der Waals surface area contributed by atoms with Crippen LogP contribution < -0.4 is 11.5 Å². The van der Waals surface area contributed by atoms with Crippen molar-refractivity contribution in [2.45, 2.75) is 23.3 Å². The van der Waals surface area contributed by atoms with Crippen LogP contribution in [0.5, 0.6) is 0 Å². The second-order valence-electron chi connectivity index (χ2n) is 4.43. The Morgan fingerprint density at radius 2 is 2.05 bits per heavy atom. The maximum Gasteiger partial charge on any atom is 0.212 e. The molecule has 0 radical (unpaired) electrons. The van der Waals surface area contributed by atoms with Crippen molar-refractivity contribution < 1.29 is 13.5 Å². The molecule has 114 valence electrons. The van der Waals surface area contributed by atoms with Gasteiger partial charge in [-0.05, 0) is 25.1 Å². The summed E-state index contributed by atoms with van der Waals surface area (Å²) in [6, 6.07) is 4.05. The summed E-state index contributed by atoms with van der Waals surface area (Å²) in [5, 5.41) is 13.1. The molecule has 1 heterocycles. The first kappa shape index (κ1) is 15.6. The highest BCUT2D eigenvalue weighted by Gasteiger charge is 2.27. The molecule has 0 aliphatic rings. The highest BCUT2D eigenvalue weighted by Crippen LogP contribution is 2.31. The third-order valence-corrected chi connectivity index (χ3v) is 5.22. The maximum absolute atomic E-state index is 12.7. The molecular weight excluding hydrogens is 316 g/mol. The second kappa shape index (κ2) is 5.55. The molecule has 9 heteroatoms. The summed E-state index contributed by atoms with van der Waals surface area (Å²) >= 11 is 5.87. The minimum Gasteiger partial charge on any atom is -0.398 e. The Morgan fingerprint density at radius 3 is 2.62 bits per heavy atom. The summed E-state index contributed by atoms with van der Waals surface area (Å²) in [4.78, 5) is -0.100. The molecule has 5 N–H and O–H groups in total. The number of nitrogens with two attached hydrogens (primary N) is 2. The minimum absolute atomic E-state index is 0.0138. The number of nitrogens with zero attached hydrogens (tertiary/aromatic N) is 2. The van der Waals surface area contributed by atoms with E-state index in [1.807, 2.05) is 0 Å². The number of rotatable bonds is 4. The Hall–Kier alpha value is -1.77. The van der Waals surface area contributed by atoms with Crippen LogP contribution in [0, 0.1) is 6.92 Å². The predicted octanol–water partition coefficient (Wildman–Crippen LogP) is 0.834. The van der Waals surface area contributed by atoms with E-state index in [9.17, 15) is 8.42 Å². The van der Waals surface area contributed by atoms with E-state index in [4.69, 9.17) is 28.2 Å². The number of aromatic nitrogens is 2. The Labute approximate surface area is 127 Å². The third-order valence-electron chi connectivity index (χ3n) is 2.97. The molecule has 1 aromatic heterocycles. The number of hydrogen-bond acceptors (Lipinski definition) is 6. The van der Waals surface area contributed by atoms with E-state index in [2.05, 4.69) is 5.10 Å². The summed E-state index contributed by atoms with van der Waals surface area (Å²) in [7, 11) is -3.87. The van der Waals surface area contributed by atoms with Crippen LogP contribution in [0.15, 0.2) is 28.0 Å². The van der Waals surface area contributed by atoms with E-state index in [1.54, 1.807) is 0 Å². The summed E-state index contributed by atoms with van der Waals surface area (Å²) in [5.41, 5.74) is 12.0. The lowest BCUT2D eigenvalue weighted by Crippen LogP contribution is -2.10. The van der Waals surface area contributed by atoms with Gasteiger partial charge in [0.1, 0.15) is 10.7 Å². The van der Waals surface area contributed by atoms with Gasteiger partial charge in [0.05, 0.1) is 34.5 Å². The van der Waals surface area contributed by atoms with Crippen molar-refractivity contribution in [1.29, 1.82) is 0 Å². The fourth-order valence-electron chi connectivity index (χ4n) is 1.97. The van der Waals surface area contributed by atoms with Crippen molar-refractivity contribution >= 4 is 32.9 Å². The van der Waals surface area contributed by atoms with E-state index >= 15 is 0 Å². The van der Waals surface area contributed by atoms with E-state index in [1.165, 1.54) is 29.8 Å². The van der Waals surface area contributed by atoms with E-state index < -0.39 is 9.84 Å². The van der Waals surface area contributed by atoms with Gasteiger partial charge in [-0.2, -0.15) is 5.10 Å². The van der Waals surface area contributed by atoms with Gasteiger partial charge in [0.25, 0.3) is 0 Å². The number of halogens is 1. The number of benzene rings is 1. The van der Waals surface area contributed by atoms with Gasteiger partial charge < -0.3 is 16.6 Å². The molecule has 0 spiro atoms. The summed E-state index contributed by atoms with van der Waals surface area (Å²) in [6.45, 7) is 1.46. The van der Waals surface area contributed by atoms with Crippen LogP contribution in [0.2, 0.25) is 5.02 Å². The molecule has 0 unspecified atom stereocenters. The summed E-state index contributed by atoms with van der Waals surface area (Å²) in [5.74, 6) is -0.0190. The molecule has 0 bridgehead atoms. The van der Waals surface area contributed by atoms with Gasteiger partial charge in [-0.1, -0.05) is 11.6 Å². The molecule has 2 aromatic rings. The summed E-state index contributed by atoms with van der Waals surface area (Å²) < 4.78 is 26.6. The third kappa shape index (κ3) is 2.69. The van der Waals surface area contributed by atoms with Gasteiger partial charge in [0, 0.05) is 0 Å². The average Bonchev–Trinajstić information content (AvgIpc) is 2.68. The topological polar surface area (TPSA) is 124 Å². The Morgan fingerprint density at radius 1 is 1.38 bits per heavy atom. The van der Waals surface area contributed by atoms with Crippen LogP contribution >= 0.6 is 11.6 Å². The first-order valence-corrected chi connectivity index (χ1v) is 7.89. The minimum atomic E-state index is -3.87. The van der Waals surface area contributed by atoms with Crippen molar-refractivity contribution in [1.82, 2.24) is 9.78 Å². The van der Waals surface area contributed by atoms with E-state index in [0.29, 0.717) is 0 Å². The van der Waals surface area contributed by atoms with Gasteiger partial charge in [-0.25, -0.2) is 13.1 Å². The molecule has 0 fully saturated rings. The zero-order valence-electron chi connectivity index (χ0n) is 11.2. The second-order valence-corrected chi connectivity index (χ2v) is 6.73. The number of nitrogen functional groups attached to an aromatic ring is 2. The number of sulfone groups is 1. The average molecular weight is 331 g/mol. The standard InChI is InChI=1S/C12H15ClN4O3S/c1-7-11(12(15)17(16-7)4-5-18)21(19,20)8-2-3-10(14)9(13)6-8/h2-3,6,18H,4-5,14-15H2,1H3. The smallest absolute Gasteiger partial charge is 0.212 e. The number of aliphatic hydroxyl groups is 1. The van der Waals surface area contributed by atoms with Crippen LogP contribution in [0.1, 0.15) is 5.69 Å².